The van der Waals surface area contributed by atoms with Gasteiger partial charge < -0.3 is 10.6 Å². The highest BCUT2D eigenvalue weighted by atomic mass is 79.9. The Morgan fingerprint density at radius 2 is 1.96 bits per heavy atom. The highest BCUT2D eigenvalue weighted by Crippen LogP contribution is 2.24. The molecular formula is C17H16BrN5. The van der Waals surface area contributed by atoms with Crippen LogP contribution in [0.4, 0.5) is 17.5 Å². The van der Waals surface area contributed by atoms with Crippen LogP contribution in [0.15, 0.2) is 59.2 Å². The second-order valence-corrected chi connectivity index (χ2v) is 5.97. The predicted octanol–water partition coefficient (Wildman–Crippen LogP) is 4.30. The lowest BCUT2D eigenvalue weighted by molar-refractivity contribution is 0.948. The van der Waals surface area contributed by atoms with Gasteiger partial charge in [-0.25, -0.2) is 0 Å². The first-order chi connectivity index (χ1) is 11.2. The van der Waals surface area contributed by atoms with Crippen molar-refractivity contribution in [2.45, 2.75) is 13.5 Å². The Bertz CT molecular complexity index is 806. The van der Waals surface area contributed by atoms with Gasteiger partial charge in [0.2, 0.25) is 5.95 Å². The van der Waals surface area contributed by atoms with Gasteiger partial charge >= 0.3 is 0 Å². The van der Waals surface area contributed by atoms with E-state index in [4.69, 9.17) is 0 Å². The number of aromatic nitrogens is 3. The first-order valence-electron chi connectivity index (χ1n) is 7.21. The maximum atomic E-state index is 4.43. The third-order valence-electron chi connectivity index (χ3n) is 3.23. The fraction of sp³-hybridized carbons (Fsp3) is 0.118. The van der Waals surface area contributed by atoms with Gasteiger partial charge in [0.25, 0.3) is 0 Å². The van der Waals surface area contributed by atoms with Gasteiger partial charge in [-0.05, 0) is 40.5 Å². The Morgan fingerprint density at radius 3 is 2.78 bits per heavy atom. The summed E-state index contributed by atoms with van der Waals surface area (Å²) in [4.78, 5) is 4.43. The quantitative estimate of drug-likeness (QED) is 0.701. The van der Waals surface area contributed by atoms with E-state index >= 15 is 0 Å². The summed E-state index contributed by atoms with van der Waals surface area (Å²) in [6.07, 6.45) is 1.59. The van der Waals surface area contributed by atoms with Gasteiger partial charge in [-0.3, -0.25) is 0 Å². The Balaban J connectivity index is 1.69. The molecule has 0 amide bonds. The molecule has 0 aliphatic heterocycles. The van der Waals surface area contributed by atoms with Gasteiger partial charge in [0, 0.05) is 11.0 Å². The van der Waals surface area contributed by atoms with Gasteiger partial charge in [0.15, 0.2) is 5.82 Å². The Kier molecular flexibility index (Phi) is 4.83. The van der Waals surface area contributed by atoms with Crippen molar-refractivity contribution in [3.8, 4) is 0 Å². The number of hydrogen-bond acceptors (Lipinski definition) is 5. The molecule has 5 nitrogen and oxygen atoms in total. The van der Waals surface area contributed by atoms with Crippen LogP contribution in [0, 0.1) is 6.92 Å². The van der Waals surface area contributed by atoms with Crippen LogP contribution in [0.3, 0.4) is 0 Å². The zero-order valence-electron chi connectivity index (χ0n) is 12.6. The van der Waals surface area contributed by atoms with Crippen LogP contribution in [0.25, 0.3) is 0 Å². The summed E-state index contributed by atoms with van der Waals surface area (Å²) in [5.74, 6) is 1.13. The van der Waals surface area contributed by atoms with Crippen LogP contribution in [0.1, 0.15) is 11.1 Å². The number of benzene rings is 2. The normalized spacial score (nSPS) is 10.3. The summed E-state index contributed by atoms with van der Waals surface area (Å²) < 4.78 is 0.966. The van der Waals surface area contributed by atoms with Crippen molar-refractivity contribution in [3.05, 3.63) is 70.3 Å². The van der Waals surface area contributed by atoms with Gasteiger partial charge in [0.1, 0.15) is 0 Å². The first kappa shape index (κ1) is 15.4. The highest BCUT2D eigenvalue weighted by Gasteiger charge is 2.03. The molecule has 0 aliphatic carbocycles. The summed E-state index contributed by atoms with van der Waals surface area (Å²) in [7, 11) is 0. The predicted molar refractivity (Wildman–Crippen MR) is 95.8 cm³/mol. The molecular weight excluding hydrogens is 354 g/mol. The van der Waals surface area contributed by atoms with Crippen molar-refractivity contribution in [2.75, 3.05) is 10.6 Å². The van der Waals surface area contributed by atoms with E-state index < -0.39 is 0 Å². The Morgan fingerprint density at radius 1 is 1.09 bits per heavy atom. The fourth-order valence-electron chi connectivity index (χ4n) is 2.14. The SMILES string of the molecule is Cc1cccc(CNc2nncc(Nc3ccccc3Br)n2)c1. The van der Waals surface area contributed by atoms with E-state index in [-0.39, 0.29) is 0 Å². The van der Waals surface area contributed by atoms with Gasteiger partial charge in [0.05, 0.1) is 11.9 Å². The second kappa shape index (κ2) is 7.19. The molecule has 116 valence electrons. The molecule has 1 heterocycles. The molecule has 23 heavy (non-hydrogen) atoms. The third-order valence-corrected chi connectivity index (χ3v) is 3.92. The molecule has 0 atom stereocenters. The number of halogens is 1. The summed E-state index contributed by atoms with van der Waals surface area (Å²) in [5.41, 5.74) is 3.34. The van der Waals surface area contributed by atoms with E-state index in [1.54, 1.807) is 6.20 Å². The number of aryl methyl sites for hydroxylation is 1. The summed E-state index contributed by atoms with van der Waals surface area (Å²) >= 11 is 3.50. The molecule has 6 heteroatoms. The minimum atomic E-state index is 0.489. The van der Waals surface area contributed by atoms with Crippen LogP contribution >= 0.6 is 15.9 Å². The summed E-state index contributed by atoms with van der Waals surface area (Å²) in [6.45, 7) is 2.73. The summed E-state index contributed by atoms with van der Waals surface area (Å²) in [6, 6.07) is 16.2. The lowest BCUT2D eigenvalue weighted by Crippen LogP contribution is -2.06. The smallest absolute Gasteiger partial charge is 0.244 e. The molecule has 3 rings (SSSR count). The zero-order chi connectivity index (χ0) is 16.1. The van der Waals surface area contributed by atoms with Crippen LogP contribution in [0.2, 0.25) is 0 Å². The molecule has 2 aromatic carbocycles. The van der Waals surface area contributed by atoms with E-state index in [2.05, 4.69) is 66.9 Å². The highest BCUT2D eigenvalue weighted by molar-refractivity contribution is 9.10. The molecule has 0 spiro atoms. The number of nitrogens with one attached hydrogen (secondary N) is 2. The lowest BCUT2D eigenvalue weighted by Gasteiger charge is -2.09. The van der Waals surface area contributed by atoms with E-state index in [1.165, 1.54) is 11.1 Å². The van der Waals surface area contributed by atoms with Gasteiger partial charge in [-0.1, -0.05) is 42.0 Å². The minimum Gasteiger partial charge on any atom is -0.349 e. The van der Waals surface area contributed by atoms with Crippen LogP contribution in [0.5, 0.6) is 0 Å². The van der Waals surface area contributed by atoms with Crippen molar-refractivity contribution < 1.29 is 0 Å². The topological polar surface area (TPSA) is 62.7 Å². The molecule has 0 saturated carbocycles. The monoisotopic (exact) mass is 369 g/mol. The Labute approximate surface area is 143 Å². The third kappa shape index (κ3) is 4.26. The van der Waals surface area contributed by atoms with E-state index in [1.807, 2.05) is 30.3 Å². The maximum Gasteiger partial charge on any atom is 0.244 e. The molecule has 0 fully saturated rings. The number of hydrogen-bond donors (Lipinski definition) is 2. The lowest BCUT2D eigenvalue weighted by atomic mass is 10.1. The molecule has 1 aromatic heterocycles. The van der Waals surface area contributed by atoms with E-state index in [0.29, 0.717) is 18.3 Å². The maximum absolute atomic E-state index is 4.43. The number of rotatable bonds is 5. The molecule has 0 unspecified atom stereocenters. The first-order valence-corrected chi connectivity index (χ1v) is 8.01. The molecule has 0 aliphatic rings. The minimum absolute atomic E-state index is 0.489. The number of nitrogens with zero attached hydrogens (tertiary/aromatic N) is 3. The molecule has 0 bridgehead atoms. The van der Waals surface area contributed by atoms with Crippen LogP contribution in [-0.4, -0.2) is 15.2 Å². The van der Waals surface area contributed by atoms with Gasteiger partial charge in [-0.15, -0.1) is 5.10 Å². The summed E-state index contributed by atoms with van der Waals surface area (Å²) in [5, 5.41) is 14.4. The largest absolute Gasteiger partial charge is 0.349 e. The average Bonchev–Trinajstić information content (AvgIpc) is 2.56. The molecule has 0 saturated heterocycles. The van der Waals surface area contributed by atoms with Crippen molar-refractivity contribution in [3.63, 3.8) is 0 Å². The standard InChI is InChI=1S/C17H16BrN5/c1-12-5-4-6-13(9-12)10-19-17-22-16(11-20-23-17)21-15-8-3-2-7-14(15)18/h2-9,11H,10H2,1H3,(H2,19,21,22,23). The second-order valence-electron chi connectivity index (χ2n) is 5.11. The molecule has 3 aromatic rings. The number of para-hydroxylation sites is 1. The van der Waals surface area contributed by atoms with Crippen LogP contribution in [-0.2, 0) is 6.54 Å². The van der Waals surface area contributed by atoms with E-state index in [9.17, 15) is 0 Å². The van der Waals surface area contributed by atoms with Crippen molar-refractivity contribution in [1.29, 1.82) is 0 Å². The average molecular weight is 370 g/mol. The van der Waals surface area contributed by atoms with Crippen LogP contribution < -0.4 is 10.6 Å². The van der Waals surface area contributed by atoms with Crippen molar-refractivity contribution in [1.82, 2.24) is 15.2 Å². The molecule has 2 N–H and O–H groups in total. The van der Waals surface area contributed by atoms with Crippen molar-refractivity contribution >= 4 is 33.4 Å². The van der Waals surface area contributed by atoms with E-state index in [0.717, 1.165) is 10.2 Å². The van der Waals surface area contributed by atoms with Crippen molar-refractivity contribution in [2.24, 2.45) is 0 Å². The number of anilines is 3. The zero-order valence-corrected chi connectivity index (χ0v) is 14.2. The molecule has 0 radical (unpaired) electrons. The fourth-order valence-corrected chi connectivity index (χ4v) is 2.53. The Hall–Kier alpha value is -2.47. The van der Waals surface area contributed by atoms with Gasteiger partial charge in [-0.2, -0.15) is 10.1 Å².